The van der Waals surface area contributed by atoms with Crippen LogP contribution in [-0.4, -0.2) is 5.91 Å². The molecule has 0 heterocycles. The zero-order valence-corrected chi connectivity index (χ0v) is 12.3. The van der Waals surface area contributed by atoms with Crippen LogP contribution in [0.1, 0.15) is 30.1 Å². The second-order valence-electron chi connectivity index (χ2n) is 4.81. The first-order valence-corrected chi connectivity index (χ1v) is 6.92. The minimum absolute atomic E-state index is 0.0523. The van der Waals surface area contributed by atoms with Gasteiger partial charge in [-0.3, -0.25) is 10.1 Å². The van der Waals surface area contributed by atoms with Crippen molar-refractivity contribution >= 4 is 17.5 Å². The maximum Gasteiger partial charge on any atom is 0.239 e. The summed E-state index contributed by atoms with van der Waals surface area (Å²) in [6, 6.07) is 12.8. The number of rotatable bonds is 5. The highest BCUT2D eigenvalue weighted by molar-refractivity contribution is 6.30. The van der Waals surface area contributed by atoms with Crippen LogP contribution in [0.15, 0.2) is 48.5 Å². The van der Waals surface area contributed by atoms with E-state index < -0.39 is 17.8 Å². The summed E-state index contributed by atoms with van der Waals surface area (Å²) in [5.74, 6) is -0.941. The van der Waals surface area contributed by atoms with Crippen LogP contribution in [0.2, 0.25) is 5.02 Å². The number of carbonyl (C=O) groups excluding carboxylic acids is 1. The molecule has 2 aromatic carbocycles. The number of hydrogen-bond acceptors (Lipinski definition) is 2. The summed E-state index contributed by atoms with van der Waals surface area (Å²) in [5, 5.41) is 3.19. The van der Waals surface area contributed by atoms with Crippen LogP contribution >= 0.6 is 11.6 Å². The highest BCUT2D eigenvalue weighted by Crippen LogP contribution is 2.23. The Labute approximate surface area is 127 Å². The van der Waals surface area contributed by atoms with Crippen LogP contribution in [0.5, 0.6) is 0 Å². The number of amides is 1. The Bertz CT molecular complexity index is 633. The quantitative estimate of drug-likeness (QED) is 0.890. The maximum atomic E-state index is 13.2. The van der Waals surface area contributed by atoms with Crippen molar-refractivity contribution in [1.82, 2.24) is 5.32 Å². The van der Waals surface area contributed by atoms with Gasteiger partial charge in [-0.05, 0) is 30.2 Å². The molecule has 2 aromatic rings. The summed E-state index contributed by atoms with van der Waals surface area (Å²) >= 11 is 5.78. The van der Waals surface area contributed by atoms with E-state index >= 15 is 0 Å². The van der Waals surface area contributed by atoms with E-state index in [4.69, 9.17) is 17.3 Å². The monoisotopic (exact) mass is 306 g/mol. The number of halogens is 2. The fourth-order valence-electron chi connectivity index (χ4n) is 2.12. The molecule has 0 fully saturated rings. The summed E-state index contributed by atoms with van der Waals surface area (Å²) < 4.78 is 13.2. The fraction of sp³-hybridized carbons (Fsp3) is 0.188. The minimum Gasteiger partial charge on any atom is -0.368 e. The number of nitrogens with one attached hydrogen (secondary N) is 1. The minimum atomic E-state index is -0.620. The normalized spacial score (nSPS) is 13.7. The molecule has 0 unspecified atom stereocenters. The van der Waals surface area contributed by atoms with Gasteiger partial charge in [0.1, 0.15) is 11.9 Å². The van der Waals surface area contributed by atoms with Crippen LogP contribution < -0.4 is 11.1 Å². The van der Waals surface area contributed by atoms with Crippen molar-refractivity contribution in [2.75, 3.05) is 0 Å². The Morgan fingerprint density at radius 1 is 1.19 bits per heavy atom. The van der Waals surface area contributed by atoms with Gasteiger partial charge in [-0.1, -0.05) is 48.0 Å². The SMILES string of the molecule is C[C@H](N[C@H](C(N)=O)c1ccccc1)c1ccc(F)c(Cl)c1. The number of carbonyl (C=O) groups is 1. The van der Waals surface area contributed by atoms with E-state index in [2.05, 4.69) is 5.32 Å². The molecule has 1 amide bonds. The second kappa shape index (κ2) is 6.70. The van der Waals surface area contributed by atoms with E-state index in [1.165, 1.54) is 12.1 Å². The molecule has 5 heteroatoms. The molecule has 0 aliphatic heterocycles. The molecular formula is C16H16ClFN2O. The van der Waals surface area contributed by atoms with Gasteiger partial charge in [0, 0.05) is 6.04 Å². The topological polar surface area (TPSA) is 55.1 Å². The van der Waals surface area contributed by atoms with Crippen LogP contribution in [-0.2, 0) is 4.79 Å². The second-order valence-corrected chi connectivity index (χ2v) is 5.22. The van der Waals surface area contributed by atoms with Crippen molar-refractivity contribution in [2.24, 2.45) is 5.73 Å². The number of nitrogens with two attached hydrogens (primary N) is 1. The van der Waals surface area contributed by atoms with Crippen LogP contribution in [0, 0.1) is 5.82 Å². The lowest BCUT2D eigenvalue weighted by Gasteiger charge is -2.22. The van der Waals surface area contributed by atoms with Crippen molar-refractivity contribution in [2.45, 2.75) is 19.0 Å². The predicted molar refractivity (Wildman–Crippen MR) is 81.3 cm³/mol. The summed E-state index contributed by atoms with van der Waals surface area (Å²) in [6.07, 6.45) is 0. The zero-order chi connectivity index (χ0) is 15.4. The van der Waals surface area contributed by atoms with E-state index in [1.807, 2.05) is 37.3 Å². The maximum absolute atomic E-state index is 13.2. The van der Waals surface area contributed by atoms with Gasteiger partial charge in [0.05, 0.1) is 5.02 Å². The third kappa shape index (κ3) is 3.80. The molecule has 0 spiro atoms. The van der Waals surface area contributed by atoms with Crippen molar-refractivity contribution in [3.8, 4) is 0 Å². The van der Waals surface area contributed by atoms with E-state index in [0.29, 0.717) is 0 Å². The van der Waals surface area contributed by atoms with Crippen LogP contribution in [0.4, 0.5) is 4.39 Å². The lowest BCUT2D eigenvalue weighted by atomic mass is 10.0. The van der Waals surface area contributed by atoms with Gasteiger partial charge in [-0.25, -0.2) is 4.39 Å². The first kappa shape index (κ1) is 15.5. The Morgan fingerprint density at radius 3 is 2.43 bits per heavy atom. The summed E-state index contributed by atoms with van der Waals surface area (Å²) in [6.45, 7) is 1.86. The Kier molecular flexibility index (Phi) is 4.94. The van der Waals surface area contributed by atoms with Gasteiger partial charge < -0.3 is 5.73 Å². The van der Waals surface area contributed by atoms with Gasteiger partial charge in [0.25, 0.3) is 0 Å². The molecule has 2 rings (SSSR count). The Morgan fingerprint density at radius 2 is 1.86 bits per heavy atom. The van der Waals surface area contributed by atoms with Crippen molar-refractivity contribution < 1.29 is 9.18 Å². The first-order chi connectivity index (χ1) is 9.99. The molecule has 0 aliphatic carbocycles. The summed E-state index contributed by atoms with van der Waals surface area (Å²) in [4.78, 5) is 11.7. The van der Waals surface area contributed by atoms with Gasteiger partial charge in [-0.15, -0.1) is 0 Å². The molecule has 21 heavy (non-hydrogen) atoms. The predicted octanol–water partition coefficient (Wildman–Crippen LogP) is 3.36. The molecule has 2 atom stereocenters. The van der Waals surface area contributed by atoms with Crippen molar-refractivity contribution in [3.05, 3.63) is 70.5 Å². The average molecular weight is 307 g/mol. The highest BCUT2D eigenvalue weighted by atomic mass is 35.5. The third-order valence-corrected chi connectivity index (χ3v) is 3.57. The molecule has 0 aromatic heterocycles. The Balaban J connectivity index is 2.20. The van der Waals surface area contributed by atoms with Gasteiger partial charge >= 0.3 is 0 Å². The fourth-order valence-corrected chi connectivity index (χ4v) is 2.31. The number of hydrogen-bond donors (Lipinski definition) is 2. The third-order valence-electron chi connectivity index (χ3n) is 3.28. The zero-order valence-electron chi connectivity index (χ0n) is 11.5. The molecule has 0 saturated heterocycles. The molecule has 110 valence electrons. The molecule has 0 radical (unpaired) electrons. The Hall–Kier alpha value is -1.91. The number of primary amides is 1. The smallest absolute Gasteiger partial charge is 0.239 e. The van der Waals surface area contributed by atoms with Gasteiger partial charge in [0.15, 0.2) is 0 Å². The summed E-state index contributed by atoms with van der Waals surface area (Å²) in [7, 11) is 0. The van der Waals surface area contributed by atoms with E-state index in [-0.39, 0.29) is 11.1 Å². The molecular weight excluding hydrogens is 291 g/mol. The molecule has 0 bridgehead atoms. The largest absolute Gasteiger partial charge is 0.368 e. The highest BCUT2D eigenvalue weighted by Gasteiger charge is 2.20. The molecule has 0 aliphatic rings. The molecule has 0 saturated carbocycles. The van der Waals surface area contributed by atoms with E-state index in [9.17, 15) is 9.18 Å². The van der Waals surface area contributed by atoms with Crippen LogP contribution in [0.3, 0.4) is 0 Å². The van der Waals surface area contributed by atoms with Gasteiger partial charge in [-0.2, -0.15) is 0 Å². The molecule has 3 nitrogen and oxygen atoms in total. The standard InChI is InChI=1S/C16H16ClFN2O/c1-10(12-7-8-14(18)13(17)9-12)20-15(16(19)21)11-5-3-2-4-6-11/h2-10,15,20H,1H3,(H2,19,21)/t10-,15-/m0/s1. The van der Waals surface area contributed by atoms with E-state index in [0.717, 1.165) is 11.1 Å². The van der Waals surface area contributed by atoms with Crippen molar-refractivity contribution in [1.29, 1.82) is 0 Å². The average Bonchev–Trinajstić information content (AvgIpc) is 2.48. The molecule has 3 N–H and O–H groups in total. The van der Waals surface area contributed by atoms with Gasteiger partial charge in [0.2, 0.25) is 5.91 Å². The van der Waals surface area contributed by atoms with E-state index in [1.54, 1.807) is 6.07 Å². The van der Waals surface area contributed by atoms with Crippen LogP contribution in [0.25, 0.3) is 0 Å². The van der Waals surface area contributed by atoms with Crippen molar-refractivity contribution in [3.63, 3.8) is 0 Å². The first-order valence-electron chi connectivity index (χ1n) is 6.54. The number of benzene rings is 2. The summed E-state index contributed by atoms with van der Waals surface area (Å²) in [5.41, 5.74) is 7.03. The lowest BCUT2D eigenvalue weighted by Crippen LogP contribution is -2.35. The lowest BCUT2D eigenvalue weighted by molar-refractivity contribution is -0.120.